The van der Waals surface area contributed by atoms with Crippen molar-refractivity contribution >= 4 is 11.6 Å². The van der Waals surface area contributed by atoms with Crippen molar-refractivity contribution < 1.29 is 4.74 Å². The van der Waals surface area contributed by atoms with Gasteiger partial charge in [0.2, 0.25) is 0 Å². The van der Waals surface area contributed by atoms with E-state index in [1.807, 2.05) is 30.3 Å². The Kier molecular flexibility index (Phi) is 3.45. The van der Waals surface area contributed by atoms with Gasteiger partial charge < -0.3 is 10.1 Å². The molecule has 2 nitrogen and oxygen atoms in total. The smallest absolute Gasteiger partial charge is 0.139 e. The van der Waals surface area contributed by atoms with Gasteiger partial charge in [0, 0.05) is 13.1 Å². The topological polar surface area (TPSA) is 21.3 Å². The lowest BCUT2D eigenvalue weighted by molar-refractivity contribution is 0.142. The fraction of sp³-hybridized carbons (Fsp3) is 0.250. The molecule has 1 N–H and O–H groups in total. The van der Waals surface area contributed by atoms with Gasteiger partial charge in [0.25, 0.3) is 0 Å². The first kappa shape index (κ1) is 12.5. The van der Waals surface area contributed by atoms with Crippen molar-refractivity contribution in [3.8, 4) is 16.9 Å². The predicted molar refractivity (Wildman–Crippen MR) is 78.9 cm³/mol. The lowest BCUT2D eigenvalue weighted by atomic mass is 10.0. The summed E-state index contributed by atoms with van der Waals surface area (Å²) in [5, 5.41) is 3.86. The minimum atomic E-state index is 0.240. The third-order valence-corrected chi connectivity index (χ3v) is 3.74. The molecule has 1 fully saturated rings. The molecule has 0 radical (unpaired) electrons. The lowest BCUT2D eigenvalue weighted by Gasteiger charge is -2.28. The molecule has 1 aliphatic heterocycles. The maximum absolute atomic E-state index is 6.20. The molecule has 3 heteroatoms. The molecular formula is C16H16ClNO. The zero-order chi connectivity index (χ0) is 13.2. The molecule has 3 rings (SSSR count). The highest BCUT2D eigenvalue weighted by Gasteiger charge is 2.19. The zero-order valence-corrected chi connectivity index (χ0v) is 11.6. The second-order valence-corrected chi connectivity index (χ2v) is 5.27. The van der Waals surface area contributed by atoms with E-state index in [1.54, 1.807) is 0 Å². The molecule has 1 aliphatic rings. The van der Waals surface area contributed by atoms with Crippen LogP contribution in [0, 0.1) is 6.92 Å². The third kappa shape index (κ3) is 2.60. The van der Waals surface area contributed by atoms with Gasteiger partial charge in [0.1, 0.15) is 11.9 Å². The van der Waals surface area contributed by atoms with Crippen LogP contribution in [0.4, 0.5) is 0 Å². The molecule has 0 aliphatic carbocycles. The number of hydrogen-bond donors (Lipinski definition) is 1. The highest BCUT2D eigenvalue weighted by molar-refractivity contribution is 6.32. The molecule has 2 aromatic rings. The number of rotatable bonds is 3. The molecule has 0 amide bonds. The first-order valence-electron chi connectivity index (χ1n) is 6.47. The summed E-state index contributed by atoms with van der Waals surface area (Å²) in [6.07, 6.45) is 0.240. The standard InChI is InChI=1S/C16H16ClNO/c1-11-4-2-3-5-14(11)12-6-7-15(17)16(8-12)19-13-9-18-10-13/h2-8,13,18H,9-10H2,1H3. The van der Waals surface area contributed by atoms with Gasteiger partial charge in [0.15, 0.2) is 0 Å². The number of ether oxygens (including phenoxy) is 1. The number of halogens is 1. The van der Waals surface area contributed by atoms with Crippen molar-refractivity contribution in [2.24, 2.45) is 0 Å². The molecular weight excluding hydrogens is 258 g/mol. The van der Waals surface area contributed by atoms with Crippen molar-refractivity contribution in [1.29, 1.82) is 0 Å². The summed E-state index contributed by atoms with van der Waals surface area (Å²) in [4.78, 5) is 0. The van der Waals surface area contributed by atoms with Gasteiger partial charge in [0.05, 0.1) is 5.02 Å². The minimum Gasteiger partial charge on any atom is -0.486 e. The molecule has 98 valence electrons. The average Bonchev–Trinajstić information content (AvgIpc) is 2.36. The average molecular weight is 274 g/mol. The van der Waals surface area contributed by atoms with Gasteiger partial charge in [-0.25, -0.2) is 0 Å². The van der Waals surface area contributed by atoms with Gasteiger partial charge in [-0.3, -0.25) is 0 Å². The van der Waals surface area contributed by atoms with E-state index in [9.17, 15) is 0 Å². The molecule has 1 heterocycles. The number of nitrogens with one attached hydrogen (secondary N) is 1. The fourth-order valence-corrected chi connectivity index (χ4v) is 2.35. The Labute approximate surface area is 118 Å². The summed E-state index contributed by atoms with van der Waals surface area (Å²) in [5.41, 5.74) is 3.61. The summed E-state index contributed by atoms with van der Waals surface area (Å²) in [6.45, 7) is 3.90. The van der Waals surface area contributed by atoms with Gasteiger partial charge >= 0.3 is 0 Å². The number of benzene rings is 2. The number of hydrogen-bond acceptors (Lipinski definition) is 2. The van der Waals surface area contributed by atoms with Gasteiger partial charge in [-0.1, -0.05) is 41.9 Å². The molecule has 0 unspecified atom stereocenters. The molecule has 2 aromatic carbocycles. The first-order valence-corrected chi connectivity index (χ1v) is 6.85. The number of aryl methyl sites for hydroxylation is 1. The van der Waals surface area contributed by atoms with Crippen LogP contribution in [0.25, 0.3) is 11.1 Å². The summed E-state index contributed by atoms with van der Waals surface area (Å²) in [7, 11) is 0. The lowest BCUT2D eigenvalue weighted by Crippen LogP contribution is -2.50. The van der Waals surface area contributed by atoms with Crippen molar-refractivity contribution in [2.75, 3.05) is 13.1 Å². The maximum atomic E-state index is 6.20. The van der Waals surface area contributed by atoms with Crippen molar-refractivity contribution in [2.45, 2.75) is 13.0 Å². The Morgan fingerprint density at radius 1 is 1.16 bits per heavy atom. The van der Waals surface area contributed by atoms with Crippen LogP contribution in [0.15, 0.2) is 42.5 Å². The first-order chi connectivity index (χ1) is 9.24. The van der Waals surface area contributed by atoms with E-state index in [0.29, 0.717) is 5.02 Å². The van der Waals surface area contributed by atoms with E-state index in [1.165, 1.54) is 11.1 Å². The second kappa shape index (κ2) is 5.24. The zero-order valence-electron chi connectivity index (χ0n) is 10.8. The monoisotopic (exact) mass is 273 g/mol. The Balaban J connectivity index is 1.94. The van der Waals surface area contributed by atoms with Crippen LogP contribution in [-0.2, 0) is 0 Å². The highest BCUT2D eigenvalue weighted by atomic mass is 35.5. The molecule has 0 spiro atoms. The second-order valence-electron chi connectivity index (χ2n) is 4.86. The quantitative estimate of drug-likeness (QED) is 0.921. The summed E-state index contributed by atoms with van der Waals surface area (Å²) >= 11 is 6.20. The van der Waals surface area contributed by atoms with Crippen LogP contribution in [0.1, 0.15) is 5.56 Å². The largest absolute Gasteiger partial charge is 0.486 e. The molecule has 19 heavy (non-hydrogen) atoms. The van der Waals surface area contributed by atoms with Gasteiger partial charge in [-0.2, -0.15) is 0 Å². The Hall–Kier alpha value is -1.51. The summed E-state index contributed by atoms with van der Waals surface area (Å²) in [6, 6.07) is 14.3. The Morgan fingerprint density at radius 3 is 2.63 bits per heavy atom. The normalized spacial score (nSPS) is 15.1. The third-order valence-electron chi connectivity index (χ3n) is 3.42. The SMILES string of the molecule is Cc1ccccc1-c1ccc(Cl)c(OC2CNC2)c1. The molecule has 0 atom stereocenters. The van der Waals surface area contributed by atoms with Crippen LogP contribution in [0.5, 0.6) is 5.75 Å². The van der Waals surface area contributed by atoms with E-state index in [-0.39, 0.29) is 6.10 Å². The Morgan fingerprint density at radius 2 is 1.95 bits per heavy atom. The van der Waals surface area contributed by atoms with E-state index in [2.05, 4.69) is 24.4 Å². The van der Waals surface area contributed by atoms with Gasteiger partial charge in [-0.05, 0) is 35.7 Å². The molecule has 0 saturated carbocycles. The Bertz CT molecular complexity index is 593. The summed E-state index contributed by atoms with van der Waals surface area (Å²) < 4.78 is 5.89. The van der Waals surface area contributed by atoms with Crippen LogP contribution in [-0.4, -0.2) is 19.2 Å². The molecule has 0 aromatic heterocycles. The van der Waals surface area contributed by atoms with Crippen molar-refractivity contribution in [3.05, 3.63) is 53.1 Å². The van der Waals surface area contributed by atoms with Crippen LogP contribution < -0.4 is 10.1 Å². The van der Waals surface area contributed by atoms with Crippen LogP contribution >= 0.6 is 11.6 Å². The van der Waals surface area contributed by atoms with Crippen molar-refractivity contribution in [1.82, 2.24) is 5.32 Å². The van der Waals surface area contributed by atoms with E-state index in [0.717, 1.165) is 24.4 Å². The van der Waals surface area contributed by atoms with Crippen LogP contribution in [0.3, 0.4) is 0 Å². The predicted octanol–water partition coefficient (Wildman–Crippen LogP) is 3.67. The molecule has 1 saturated heterocycles. The maximum Gasteiger partial charge on any atom is 0.139 e. The van der Waals surface area contributed by atoms with Gasteiger partial charge in [-0.15, -0.1) is 0 Å². The molecule has 0 bridgehead atoms. The van der Waals surface area contributed by atoms with E-state index >= 15 is 0 Å². The minimum absolute atomic E-state index is 0.240. The highest BCUT2D eigenvalue weighted by Crippen LogP contribution is 2.32. The van der Waals surface area contributed by atoms with Crippen LogP contribution in [0.2, 0.25) is 5.02 Å². The van der Waals surface area contributed by atoms with Crippen molar-refractivity contribution in [3.63, 3.8) is 0 Å². The van der Waals surface area contributed by atoms with E-state index < -0.39 is 0 Å². The fourth-order valence-electron chi connectivity index (χ4n) is 2.18. The van der Waals surface area contributed by atoms with E-state index in [4.69, 9.17) is 16.3 Å². The summed E-state index contributed by atoms with van der Waals surface area (Å²) in [5.74, 6) is 0.772.